The highest BCUT2D eigenvalue weighted by molar-refractivity contribution is 5.80. The molecule has 1 aromatic carbocycles. The van der Waals surface area contributed by atoms with Crippen LogP contribution in [0.2, 0.25) is 0 Å². The van der Waals surface area contributed by atoms with Crippen LogP contribution in [0.25, 0.3) is 16.8 Å². The van der Waals surface area contributed by atoms with E-state index in [4.69, 9.17) is 4.42 Å². The summed E-state index contributed by atoms with van der Waals surface area (Å²) in [5.74, 6) is 1.04. The predicted octanol–water partition coefficient (Wildman–Crippen LogP) is 5.04. The molecule has 7 nitrogen and oxygen atoms in total. The third kappa shape index (κ3) is 3.94. The molecule has 0 bridgehead atoms. The Morgan fingerprint density at radius 2 is 1.85 bits per heavy atom. The molecular formula is C23H22F3N5O2. The maximum atomic E-state index is 13.8. The molecule has 4 aromatic rings. The van der Waals surface area contributed by atoms with E-state index < -0.39 is 17.4 Å². The Hall–Kier alpha value is -3.43. The van der Waals surface area contributed by atoms with Gasteiger partial charge in [-0.05, 0) is 25.3 Å². The SMILES string of the molecule is Cc1[nH]c2c(-c3ccccc3)c(C(F)(F)F)nn2c(=O)c1Cc1nnc(C2CCCCC2)o1. The van der Waals surface area contributed by atoms with Crippen molar-refractivity contribution in [2.45, 2.75) is 57.5 Å². The Morgan fingerprint density at radius 3 is 2.55 bits per heavy atom. The van der Waals surface area contributed by atoms with Crippen molar-refractivity contribution in [2.75, 3.05) is 0 Å². The van der Waals surface area contributed by atoms with E-state index >= 15 is 0 Å². The van der Waals surface area contributed by atoms with E-state index in [1.807, 2.05) is 0 Å². The molecule has 0 unspecified atom stereocenters. The Labute approximate surface area is 186 Å². The minimum absolute atomic E-state index is 0.00630. The van der Waals surface area contributed by atoms with Crippen molar-refractivity contribution in [3.05, 3.63) is 69.4 Å². The Kier molecular flexibility index (Phi) is 5.30. The second kappa shape index (κ2) is 8.17. The van der Waals surface area contributed by atoms with Crippen molar-refractivity contribution in [3.63, 3.8) is 0 Å². The number of halogens is 3. The second-order valence-electron chi connectivity index (χ2n) is 8.43. The Balaban J connectivity index is 1.58. The highest BCUT2D eigenvalue weighted by Gasteiger charge is 2.39. The van der Waals surface area contributed by atoms with Crippen molar-refractivity contribution in [1.29, 1.82) is 0 Å². The molecule has 1 saturated carbocycles. The first kappa shape index (κ1) is 21.4. The number of hydrogen-bond acceptors (Lipinski definition) is 5. The molecular weight excluding hydrogens is 435 g/mol. The van der Waals surface area contributed by atoms with Crippen LogP contribution in [-0.4, -0.2) is 24.8 Å². The summed E-state index contributed by atoms with van der Waals surface area (Å²) in [6, 6.07) is 8.09. The first-order chi connectivity index (χ1) is 15.8. The van der Waals surface area contributed by atoms with E-state index in [2.05, 4.69) is 20.3 Å². The lowest BCUT2D eigenvalue weighted by Crippen LogP contribution is -2.22. The molecule has 1 fully saturated rings. The normalized spacial score (nSPS) is 15.4. The average molecular weight is 457 g/mol. The number of aromatic nitrogens is 5. The maximum absolute atomic E-state index is 13.8. The van der Waals surface area contributed by atoms with Gasteiger partial charge in [-0.1, -0.05) is 49.6 Å². The summed E-state index contributed by atoms with van der Waals surface area (Å²) in [4.78, 5) is 16.2. The lowest BCUT2D eigenvalue weighted by atomic mass is 9.89. The van der Waals surface area contributed by atoms with Crippen LogP contribution in [0.15, 0.2) is 39.5 Å². The van der Waals surface area contributed by atoms with Crippen LogP contribution in [0, 0.1) is 6.92 Å². The smallest absolute Gasteiger partial charge is 0.425 e. The Morgan fingerprint density at radius 1 is 1.12 bits per heavy atom. The van der Waals surface area contributed by atoms with Crippen molar-refractivity contribution >= 4 is 5.65 Å². The van der Waals surface area contributed by atoms with Crippen LogP contribution in [0.1, 0.15) is 66.8 Å². The fraction of sp³-hybridized carbons (Fsp3) is 0.391. The van der Waals surface area contributed by atoms with E-state index in [0.717, 1.165) is 30.2 Å². The van der Waals surface area contributed by atoms with E-state index in [-0.39, 0.29) is 35.0 Å². The van der Waals surface area contributed by atoms with Gasteiger partial charge in [0, 0.05) is 17.2 Å². The largest absolute Gasteiger partial charge is 0.435 e. The number of aryl methyl sites for hydroxylation is 1. The number of benzene rings is 1. The summed E-state index contributed by atoms with van der Waals surface area (Å²) in [6.45, 7) is 1.64. The monoisotopic (exact) mass is 457 g/mol. The van der Waals surface area contributed by atoms with Gasteiger partial charge in [0.1, 0.15) is 5.65 Å². The zero-order valence-electron chi connectivity index (χ0n) is 17.9. The van der Waals surface area contributed by atoms with Crippen molar-refractivity contribution < 1.29 is 17.6 Å². The highest BCUT2D eigenvalue weighted by atomic mass is 19.4. The maximum Gasteiger partial charge on any atom is 0.435 e. The van der Waals surface area contributed by atoms with Gasteiger partial charge in [0.05, 0.1) is 12.0 Å². The fourth-order valence-corrected chi connectivity index (χ4v) is 4.51. The number of nitrogens with one attached hydrogen (secondary N) is 1. The topological polar surface area (TPSA) is 89.1 Å². The van der Waals surface area contributed by atoms with E-state index in [9.17, 15) is 18.0 Å². The van der Waals surface area contributed by atoms with Crippen LogP contribution in [-0.2, 0) is 12.6 Å². The lowest BCUT2D eigenvalue weighted by molar-refractivity contribution is -0.140. The molecule has 0 radical (unpaired) electrons. The van der Waals surface area contributed by atoms with Gasteiger partial charge in [-0.2, -0.15) is 22.8 Å². The zero-order chi connectivity index (χ0) is 23.2. The lowest BCUT2D eigenvalue weighted by Gasteiger charge is -2.17. The van der Waals surface area contributed by atoms with Gasteiger partial charge >= 0.3 is 6.18 Å². The van der Waals surface area contributed by atoms with Crippen LogP contribution in [0.5, 0.6) is 0 Å². The molecule has 0 amide bonds. The van der Waals surface area contributed by atoms with Crippen LogP contribution >= 0.6 is 0 Å². The molecule has 3 heterocycles. The molecule has 0 spiro atoms. The van der Waals surface area contributed by atoms with Crippen LogP contribution < -0.4 is 5.56 Å². The van der Waals surface area contributed by atoms with Gasteiger partial charge in [-0.25, -0.2) is 0 Å². The zero-order valence-corrected chi connectivity index (χ0v) is 17.9. The van der Waals surface area contributed by atoms with Gasteiger partial charge in [0.2, 0.25) is 11.8 Å². The third-order valence-electron chi connectivity index (χ3n) is 6.19. The molecule has 0 atom stereocenters. The molecule has 1 N–H and O–H groups in total. The molecule has 5 rings (SSSR count). The van der Waals surface area contributed by atoms with Gasteiger partial charge < -0.3 is 9.40 Å². The van der Waals surface area contributed by atoms with Gasteiger partial charge in [0.25, 0.3) is 5.56 Å². The summed E-state index contributed by atoms with van der Waals surface area (Å²) < 4.78 is 48.0. The molecule has 33 heavy (non-hydrogen) atoms. The first-order valence-corrected chi connectivity index (χ1v) is 10.9. The number of hydrogen-bond donors (Lipinski definition) is 1. The summed E-state index contributed by atoms with van der Waals surface area (Å²) in [5.41, 5.74) is -0.952. The molecule has 0 saturated heterocycles. The number of nitrogens with zero attached hydrogens (tertiary/aromatic N) is 4. The molecule has 3 aromatic heterocycles. The van der Waals surface area contributed by atoms with Crippen molar-refractivity contribution in [1.82, 2.24) is 24.8 Å². The minimum Gasteiger partial charge on any atom is -0.425 e. The number of aromatic amines is 1. The number of alkyl halides is 3. The molecule has 172 valence electrons. The van der Waals surface area contributed by atoms with Crippen LogP contribution in [0.3, 0.4) is 0 Å². The van der Waals surface area contributed by atoms with Crippen molar-refractivity contribution in [3.8, 4) is 11.1 Å². The standard InChI is InChI=1S/C23H22F3N5O2/c1-13-16(12-17-28-29-21(33-17)15-10-6-3-7-11-15)22(32)31-20(27-13)18(14-8-4-2-5-9-14)19(30-31)23(24,25)26/h2,4-5,8-9,15,27H,3,6-7,10-12H2,1H3. The van der Waals surface area contributed by atoms with Crippen molar-refractivity contribution in [2.24, 2.45) is 0 Å². The van der Waals surface area contributed by atoms with Crippen LogP contribution in [0.4, 0.5) is 13.2 Å². The summed E-state index contributed by atoms with van der Waals surface area (Å²) >= 11 is 0. The Bertz CT molecular complexity index is 1350. The third-order valence-corrected chi connectivity index (χ3v) is 6.19. The molecule has 1 aliphatic rings. The predicted molar refractivity (Wildman–Crippen MR) is 114 cm³/mol. The summed E-state index contributed by atoms with van der Waals surface area (Å²) in [7, 11) is 0. The first-order valence-electron chi connectivity index (χ1n) is 10.9. The minimum atomic E-state index is -4.73. The second-order valence-corrected chi connectivity index (χ2v) is 8.43. The van der Waals surface area contributed by atoms with Gasteiger partial charge in [-0.3, -0.25) is 4.79 Å². The molecule has 1 aliphatic carbocycles. The number of rotatable bonds is 4. The van der Waals surface area contributed by atoms with E-state index in [1.54, 1.807) is 37.3 Å². The number of fused-ring (bicyclic) bond motifs is 1. The van der Waals surface area contributed by atoms with E-state index in [1.165, 1.54) is 6.42 Å². The quantitative estimate of drug-likeness (QED) is 0.464. The summed E-state index contributed by atoms with van der Waals surface area (Å²) in [5, 5.41) is 11.9. The van der Waals surface area contributed by atoms with Gasteiger partial charge in [-0.15, -0.1) is 10.2 Å². The highest BCUT2D eigenvalue weighted by Crippen LogP contribution is 2.38. The van der Waals surface area contributed by atoms with Gasteiger partial charge in [0.15, 0.2) is 5.69 Å². The average Bonchev–Trinajstić information content (AvgIpc) is 3.43. The molecule has 10 heteroatoms. The summed E-state index contributed by atoms with van der Waals surface area (Å²) in [6.07, 6.45) is 0.684. The van der Waals surface area contributed by atoms with E-state index in [0.29, 0.717) is 17.1 Å². The fourth-order valence-electron chi connectivity index (χ4n) is 4.51. The number of H-pyrrole nitrogens is 1. The molecule has 0 aliphatic heterocycles.